The fraction of sp³-hybridized carbons (Fsp3) is 0.538. The molecule has 4 aliphatic rings. The molecule has 1 saturated heterocycles. The number of benzene rings is 1. The van der Waals surface area contributed by atoms with Crippen LogP contribution >= 0.6 is 0 Å². The molecule has 184 valence electrons. The zero-order valence-corrected chi connectivity index (χ0v) is 20.1. The first-order valence-electron chi connectivity index (χ1n) is 12.8. The van der Waals surface area contributed by atoms with Crippen molar-refractivity contribution in [2.24, 2.45) is 5.92 Å². The van der Waals surface area contributed by atoms with E-state index < -0.39 is 0 Å². The summed E-state index contributed by atoms with van der Waals surface area (Å²) in [6, 6.07) is 8.00. The lowest BCUT2D eigenvalue weighted by molar-refractivity contribution is -0.133. The second kappa shape index (κ2) is 9.11. The van der Waals surface area contributed by atoms with E-state index in [1.54, 1.807) is 0 Å². The van der Waals surface area contributed by atoms with E-state index in [1.165, 1.54) is 0 Å². The first kappa shape index (κ1) is 22.3. The van der Waals surface area contributed by atoms with Crippen molar-refractivity contribution in [1.82, 2.24) is 20.2 Å². The smallest absolute Gasteiger partial charge is 0.319 e. The van der Waals surface area contributed by atoms with Gasteiger partial charge in [-0.3, -0.25) is 4.79 Å². The number of fused-ring (bicyclic) bond motifs is 1. The van der Waals surface area contributed by atoms with Gasteiger partial charge >= 0.3 is 6.03 Å². The number of rotatable bonds is 5. The quantitative estimate of drug-likeness (QED) is 0.688. The van der Waals surface area contributed by atoms with Gasteiger partial charge in [0.05, 0.1) is 31.5 Å². The highest BCUT2D eigenvalue weighted by Crippen LogP contribution is 2.35. The predicted octanol–water partition coefficient (Wildman–Crippen LogP) is 2.95. The Labute approximate surface area is 205 Å². The van der Waals surface area contributed by atoms with E-state index >= 15 is 0 Å². The van der Waals surface area contributed by atoms with Crippen LogP contribution in [0.3, 0.4) is 0 Å². The van der Waals surface area contributed by atoms with Gasteiger partial charge in [0, 0.05) is 41.9 Å². The van der Waals surface area contributed by atoms with Crippen LogP contribution in [0.4, 0.5) is 16.3 Å². The molecule has 0 spiro atoms. The first-order chi connectivity index (χ1) is 17.0. The average Bonchev–Trinajstić information content (AvgIpc) is 3.79. The summed E-state index contributed by atoms with van der Waals surface area (Å²) in [5.74, 6) is 2.07. The van der Waals surface area contributed by atoms with Gasteiger partial charge in [0.2, 0.25) is 5.91 Å². The Balaban J connectivity index is 1.29. The van der Waals surface area contributed by atoms with E-state index in [1.807, 2.05) is 29.2 Å². The molecule has 2 aliphatic carbocycles. The molecule has 3 amide bonds. The van der Waals surface area contributed by atoms with Gasteiger partial charge in [0.15, 0.2) is 5.82 Å². The van der Waals surface area contributed by atoms with Crippen molar-refractivity contribution in [3.8, 4) is 11.4 Å². The lowest BCUT2D eigenvalue weighted by Gasteiger charge is -2.38. The molecule has 3 heterocycles. The summed E-state index contributed by atoms with van der Waals surface area (Å²) < 4.78 is 5.67. The topological polar surface area (TPSA) is 99.7 Å². The van der Waals surface area contributed by atoms with Gasteiger partial charge in [-0.15, -0.1) is 0 Å². The molecule has 1 atom stereocenters. The molecule has 1 aromatic carbocycles. The Morgan fingerprint density at radius 2 is 1.86 bits per heavy atom. The van der Waals surface area contributed by atoms with E-state index in [9.17, 15) is 9.59 Å². The van der Waals surface area contributed by atoms with Crippen molar-refractivity contribution in [2.75, 3.05) is 36.5 Å². The molecule has 2 aromatic rings. The monoisotopic (exact) mass is 476 g/mol. The summed E-state index contributed by atoms with van der Waals surface area (Å²) in [4.78, 5) is 39.1. The Kier molecular flexibility index (Phi) is 5.80. The maximum atomic E-state index is 12.8. The molecular formula is C26H32N6O3. The van der Waals surface area contributed by atoms with Gasteiger partial charge in [-0.1, -0.05) is 0 Å². The summed E-state index contributed by atoms with van der Waals surface area (Å²) in [5.41, 5.74) is 3.70. The van der Waals surface area contributed by atoms with Crippen molar-refractivity contribution in [2.45, 2.75) is 57.7 Å². The Morgan fingerprint density at radius 3 is 2.57 bits per heavy atom. The largest absolute Gasteiger partial charge is 0.377 e. The number of ether oxygens (including phenoxy) is 1. The number of anilines is 2. The molecule has 1 aromatic heterocycles. The number of carbonyl (C=O) groups excluding carboxylic acids is 2. The molecule has 3 fully saturated rings. The van der Waals surface area contributed by atoms with Crippen molar-refractivity contribution < 1.29 is 14.3 Å². The summed E-state index contributed by atoms with van der Waals surface area (Å²) >= 11 is 0. The molecule has 2 aliphatic heterocycles. The minimum atomic E-state index is -0.172. The highest BCUT2D eigenvalue weighted by molar-refractivity contribution is 5.90. The van der Waals surface area contributed by atoms with Gasteiger partial charge in [-0.05, 0) is 63.3 Å². The van der Waals surface area contributed by atoms with Crippen LogP contribution < -0.4 is 15.5 Å². The Morgan fingerprint density at radius 1 is 1.06 bits per heavy atom. The summed E-state index contributed by atoms with van der Waals surface area (Å²) in [6.07, 6.45) is 4.89. The fourth-order valence-corrected chi connectivity index (χ4v) is 4.88. The van der Waals surface area contributed by atoms with Crippen LogP contribution in [0.2, 0.25) is 0 Å². The number of hydrogen-bond donors (Lipinski definition) is 2. The number of morpholine rings is 1. The first-order valence-corrected chi connectivity index (χ1v) is 12.8. The molecule has 0 radical (unpaired) electrons. The summed E-state index contributed by atoms with van der Waals surface area (Å²) in [6.45, 7) is 5.55. The molecule has 2 N–H and O–H groups in total. The highest BCUT2D eigenvalue weighted by Gasteiger charge is 2.36. The van der Waals surface area contributed by atoms with Gasteiger partial charge in [0.25, 0.3) is 0 Å². The minimum absolute atomic E-state index is 0.172. The van der Waals surface area contributed by atoms with Crippen LogP contribution in [0.15, 0.2) is 24.3 Å². The van der Waals surface area contributed by atoms with Crippen molar-refractivity contribution in [1.29, 1.82) is 0 Å². The standard InChI is InChI=1S/C26H32N6O3/c1-16-15-35-13-12-32(16)24-21-10-11-31(25(33)18-2-3-18)14-22(21)29-23(30-24)17-4-6-19(7-5-17)27-26(34)28-20-8-9-20/h4-7,16,18,20H,2-3,8-15H2,1H3,(H2,27,28,34). The lowest BCUT2D eigenvalue weighted by atomic mass is 10.0. The Bertz CT molecular complexity index is 1130. The summed E-state index contributed by atoms with van der Waals surface area (Å²) in [7, 11) is 0. The second-order valence-electron chi connectivity index (χ2n) is 10.1. The third kappa shape index (κ3) is 4.82. The van der Waals surface area contributed by atoms with E-state index in [2.05, 4.69) is 22.5 Å². The van der Waals surface area contributed by atoms with E-state index in [-0.39, 0.29) is 23.9 Å². The number of nitrogens with zero attached hydrogens (tertiary/aromatic N) is 4. The molecule has 1 unspecified atom stereocenters. The average molecular weight is 477 g/mol. The SMILES string of the molecule is CC1COCCN1c1nc(-c2ccc(NC(=O)NC3CC3)cc2)nc2c1CCN(C(=O)C1CC1)C2. The number of urea groups is 1. The minimum Gasteiger partial charge on any atom is -0.377 e. The number of nitrogens with one attached hydrogen (secondary N) is 2. The predicted molar refractivity (Wildman–Crippen MR) is 132 cm³/mol. The molecule has 2 saturated carbocycles. The van der Waals surface area contributed by atoms with Crippen LogP contribution in [0.25, 0.3) is 11.4 Å². The molecule has 0 bridgehead atoms. The third-order valence-corrected chi connectivity index (χ3v) is 7.23. The highest BCUT2D eigenvalue weighted by atomic mass is 16.5. The summed E-state index contributed by atoms with van der Waals surface area (Å²) in [5, 5.41) is 5.82. The van der Waals surface area contributed by atoms with Crippen LogP contribution in [-0.2, 0) is 22.5 Å². The third-order valence-electron chi connectivity index (χ3n) is 7.23. The number of carbonyl (C=O) groups is 2. The van der Waals surface area contributed by atoms with Crippen LogP contribution in [0.5, 0.6) is 0 Å². The molecule has 35 heavy (non-hydrogen) atoms. The van der Waals surface area contributed by atoms with Gasteiger partial charge < -0.3 is 25.2 Å². The Hall–Kier alpha value is -3.20. The number of hydrogen-bond acceptors (Lipinski definition) is 6. The number of amides is 3. The van der Waals surface area contributed by atoms with Crippen LogP contribution in [0.1, 0.15) is 43.9 Å². The van der Waals surface area contributed by atoms with Crippen LogP contribution in [-0.4, -0.2) is 65.2 Å². The van der Waals surface area contributed by atoms with Crippen molar-refractivity contribution in [3.63, 3.8) is 0 Å². The van der Waals surface area contributed by atoms with Crippen LogP contribution in [0, 0.1) is 5.92 Å². The second-order valence-corrected chi connectivity index (χ2v) is 10.1. The van der Waals surface area contributed by atoms with Gasteiger partial charge in [0.1, 0.15) is 5.82 Å². The molecule has 9 heteroatoms. The lowest BCUT2D eigenvalue weighted by Crippen LogP contribution is -2.46. The van der Waals surface area contributed by atoms with E-state index in [4.69, 9.17) is 14.7 Å². The normalized spacial score (nSPS) is 21.9. The zero-order valence-electron chi connectivity index (χ0n) is 20.1. The zero-order chi connectivity index (χ0) is 23.9. The van der Waals surface area contributed by atoms with E-state index in [0.29, 0.717) is 31.6 Å². The fourth-order valence-electron chi connectivity index (χ4n) is 4.88. The van der Waals surface area contributed by atoms with Crippen molar-refractivity contribution in [3.05, 3.63) is 35.5 Å². The molecule has 6 rings (SSSR count). The van der Waals surface area contributed by atoms with Crippen molar-refractivity contribution >= 4 is 23.4 Å². The van der Waals surface area contributed by atoms with Gasteiger partial charge in [-0.25, -0.2) is 14.8 Å². The maximum Gasteiger partial charge on any atom is 0.319 e. The van der Waals surface area contributed by atoms with Gasteiger partial charge in [-0.2, -0.15) is 0 Å². The van der Waals surface area contributed by atoms with E-state index in [0.717, 1.165) is 73.5 Å². The molecule has 9 nitrogen and oxygen atoms in total. The molecular weight excluding hydrogens is 444 g/mol. The number of aromatic nitrogens is 2. The maximum absolute atomic E-state index is 12.8.